The van der Waals surface area contributed by atoms with Gasteiger partial charge < -0.3 is 10.1 Å². The normalized spacial score (nSPS) is 11.7. The maximum atomic E-state index is 12.7. The van der Waals surface area contributed by atoms with Crippen molar-refractivity contribution in [1.29, 1.82) is 0 Å². The molecule has 0 saturated carbocycles. The van der Waals surface area contributed by atoms with Gasteiger partial charge in [-0.2, -0.15) is 4.31 Å². The molecule has 0 unspecified atom stereocenters. The number of nitrogens with zero attached hydrogens (tertiary/aromatic N) is 1. The molecule has 1 N–H and O–H groups in total. The van der Waals surface area contributed by atoms with Crippen LogP contribution in [0.5, 0.6) is 0 Å². The Morgan fingerprint density at radius 2 is 2.00 bits per heavy atom. The number of amides is 1. The standard InChI is InChI=1S/C15H22Cl2N2O4S/c1-3-19(11-15(20)18-8-5-9-23-4-2)24(21,22)14-10-12(16)6-7-13(14)17/h6-7,10H,3-5,8-9,11H2,1-2H3,(H,18,20). The van der Waals surface area contributed by atoms with E-state index in [0.29, 0.717) is 26.2 Å². The summed E-state index contributed by atoms with van der Waals surface area (Å²) in [5.74, 6) is -0.380. The minimum absolute atomic E-state index is 0.0648. The number of hydrogen-bond acceptors (Lipinski definition) is 4. The molecule has 6 nitrogen and oxygen atoms in total. The van der Waals surface area contributed by atoms with Gasteiger partial charge in [0, 0.05) is 31.3 Å². The van der Waals surface area contributed by atoms with Crippen LogP contribution in [0.25, 0.3) is 0 Å². The minimum atomic E-state index is -3.91. The van der Waals surface area contributed by atoms with Gasteiger partial charge in [0.25, 0.3) is 0 Å². The second-order valence-electron chi connectivity index (χ2n) is 4.91. The maximum Gasteiger partial charge on any atom is 0.245 e. The van der Waals surface area contributed by atoms with Gasteiger partial charge in [0.15, 0.2) is 0 Å². The first-order chi connectivity index (χ1) is 11.3. The Morgan fingerprint density at radius 1 is 1.29 bits per heavy atom. The third-order valence-corrected chi connectivity index (χ3v) is 5.81. The molecule has 24 heavy (non-hydrogen) atoms. The Kier molecular flexibility index (Phi) is 9.01. The molecule has 0 spiro atoms. The monoisotopic (exact) mass is 396 g/mol. The summed E-state index contributed by atoms with van der Waals surface area (Å²) >= 11 is 11.8. The summed E-state index contributed by atoms with van der Waals surface area (Å²) in [5, 5.41) is 3.00. The van der Waals surface area contributed by atoms with Gasteiger partial charge in [-0.3, -0.25) is 4.79 Å². The lowest BCUT2D eigenvalue weighted by atomic mass is 10.4. The Hall–Kier alpha value is -0.860. The molecule has 9 heteroatoms. The zero-order chi connectivity index (χ0) is 18.2. The highest BCUT2D eigenvalue weighted by atomic mass is 35.5. The molecule has 1 aromatic carbocycles. The van der Waals surface area contributed by atoms with Crippen LogP contribution in [-0.4, -0.2) is 51.5 Å². The lowest BCUT2D eigenvalue weighted by molar-refractivity contribution is -0.121. The first-order valence-electron chi connectivity index (χ1n) is 7.62. The third kappa shape index (κ3) is 6.22. The van der Waals surface area contributed by atoms with E-state index in [1.165, 1.54) is 18.2 Å². The molecule has 0 radical (unpaired) electrons. The van der Waals surface area contributed by atoms with Crippen LogP contribution in [0.2, 0.25) is 10.0 Å². The topological polar surface area (TPSA) is 75.7 Å². The van der Waals surface area contributed by atoms with E-state index in [1.54, 1.807) is 6.92 Å². The van der Waals surface area contributed by atoms with Gasteiger partial charge in [0.05, 0.1) is 11.6 Å². The van der Waals surface area contributed by atoms with E-state index in [4.69, 9.17) is 27.9 Å². The van der Waals surface area contributed by atoms with Crippen molar-refractivity contribution in [3.05, 3.63) is 28.2 Å². The van der Waals surface area contributed by atoms with Crippen LogP contribution in [-0.2, 0) is 19.6 Å². The highest BCUT2D eigenvalue weighted by Gasteiger charge is 2.27. The molecule has 0 heterocycles. The van der Waals surface area contributed by atoms with E-state index < -0.39 is 10.0 Å². The molecule has 0 aromatic heterocycles. The number of likely N-dealkylation sites (N-methyl/N-ethyl adjacent to an activating group) is 1. The number of rotatable bonds is 10. The molecule has 0 aliphatic heterocycles. The Labute approximate surface area is 153 Å². The number of sulfonamides is 1. The summed E-state index contributed by atoms with van der Waals surface area (Å²) < 4.78 is 31.6. The molecule has 1 rings (SSSR count). The number of carbonyl (C=O) groups is 1. The summed E-state index contributed by atoms with van der Waals surface area (Å²) in [7, 11) is -3.91. The van der Waals surface area contributed by atoms with E-state index >= 15 is 0 Å². The average Bonchev–Trinajstić information content (AvgIpc) is 2.54. The Balaban J connectivity index is 2.74. The predicted molar refractivity (Wildman–Crippen MR) is 95.0 cm³/mol. The lowest BCUT2D eigenvalue weighted by Crippen LogP contribution is -2.41. The van der Waals surface area contributed by atoms with E-state index in [-0.39, 0.29) is 33.9 Å². The molecule has 1 aromatic rings. The van der Waals surface area contributed by atoms with Crippen molar-refractivity contribution in [3.8, 4) is 0 Å². The molecular formula is C15H22Cl2N2O4S. The van der Waals surface area contributed by atoms with E-state index in [1.807, 2.05) is 6.92 Å². The summed E-state index contributed by atoms with van der Waals surface area (Å²) in [6.45, 7) is 4.99. The van der Waals surface area contributed by atoms with Crippen LogP contribution in [0.15, 0.2) is 23.1 Å². The summed E-state index contributed by atoms with van der Waals surface area (Å²) in [4.78, 5) is 11.8. The second kappa shape index (κ2) is 10.2. The van der Waals surface area contributed by atoms with Gasteiger partial charge in [-0.05, 0) is 31.5 Å². The molecule has 0 atom stereocenters. The van der Waals surface area contributed by atoms with Crippen LogP contribution in [0.1, 0.15) is 20.3 Å². The number of benzene rings is 1. The quantitative estimate of drug-likeness (QED) is 0.616. The second-order valence-corrected chi connectivity index (χ2v) is 7.66. The molecule has 0 aliphatic carbocycles. The number of carbonyl (C=O) groups excluding carboxylic acids is 1. The fourth-order valence-electron chi connectivity index (χ4n) is 1.94. The largest absolute Gasteiger partial charge is 0.382 e. The van der Waals surface area contributed by atoms with Crippen molar-refractivity contribution in [2.24, 2.45) is 0 Å². The van der Waals surface area contributed by atoms with Crippen molar-refractivity contribution in [2.75, 3.05) is 32.8 Å². The zero-order valence-corrected chi connectivity index (χ0v) is 16.0. The van der Waals surface area contributed by atoms with Crippen molar-refractivity contribution in [1.82, 2.24) is 9.62 Å². The summed E-state index contributed by atoms with van der Waals surface area (Å²) in [6, 6.07) is 4.20. The number of halogens is 2. The number of hydrogen-bond donors (Lipinski definition) is 1. The van der Waals surface area contributed by atoms with Crippen LogP contribution in [0, 0.1) is 0 Å². The van der Waals surface area contributed by atoms with Gasteiger partial charge in [0.2, 0.25) is 15.9 Å². The number of nitrogens with one attached hydrogen (secondary N) is 1. The smallest absolute Gasteiger partial charge is 0.245 e. The first kappa shape index (κ1) is 21.2. The molecule has 0 bridgehead atoms. The SMILES string of the molecule is CCOCCCNC(=O)CN(CC)S(=O)(=O)c1cc(Cl)ccc1Cl. The van der Waals surface area contributed by atoms with Gasteiger partial charge in [-0.25, -0.2) is 8.42 Å². The molecular weight excluding hydrogens is 375 g/mol. The van der Waals surface area contributed by atoms with Crippen LogP contribution in [0.4, 0.5) is 0 Å². The van der Waals surface area contributed by atoms with Gasteiger partial charge >= 0.3 is 0 Å². The van der Waals surface area contributed by atoms with E-state index in [9.17, 15) is 13.2 Å². The highest BCUT2D eigenvalue weighted by Crippen LogP contribution is 2.27. The van der Waals surface area contributed by atoms with Crippen LogP contribution >= 0.6 is 23.2 Å². The van der Waals surface area contributed by atoms with Crippen LogP contribution < -0.4 is 5.32 Å². The minimum Gasteiger partial charge on any atom is -0.382 e. The molecule has 0 fully saturated rings. The highest BCUT2D eigenvalue weighted by molar-refractivity contribution is 7.89. The van der Waals surface area contributed by atoms with Crippen LogP contribution in [0.3, 0.4) is 0 Å². The van der Waals surface area contributed by atoms with Crippen molar-refractivity contribution >= 4 is 39.1 Å². The fraction of sp³-hybridized carbons (Fsp3) is 0.533. The molecule has 0 saturated heterocycles. The lowest BCUT2D eigenvalue weighted by Gasteiger charge is -2.20. The first-order valence-corrected chi connectivity index (χ1v) is 9.82. The van der Waals surface area contributed by atoms with Gasteiger partial charge in [-0.15, -0.1) is 0 Å². The number of ether oxygens (including phenoxy) is 1. The maximum absolute atomic E-state index is 12.7. The third-order valence-electron chi connectivity index (χ3n) is 3.18. The average molecular weight is 397 g/mol. The Bertz CT molecular complexity index is 653. The van der Waals surface area contributed by atoms with E-state index in [2.05, 4.69) is 5.32 Å². The van der Waals surface area contributed by atoms with Crippen molar-refractivity contribution in [2.45, 2.75) is 25.2 Å². The predicted octanol–water partition coefficient (Wildman–Crippen LogP) is 2.55. The summed E-state index contributed by atoms with van der Waals surface area (Å²) in [6.07, 6.45) is 0.665. The molecule has 0 aliphatic rings. The van der Waals surface area contributed by atoms with E-state index in [0.717, 1.165) is 4.31 Å². The summed E-state index contributed by atoms with van der Waals surface area (Å²) in [5.41, 5.74) is 0. The van der Waals surface area contributed by atoms with Gasteiger partial charge in [-0.1, -0.05) is 30.1 Å². The van der Waals surface area contributed by atoms with Crippen molar-refractivity contribution < 1.29 is 17.9 Å². The van der Waals surface area contributed by atoms with Gasteiger partial charge in [0.1, 0.15) is 4.90 Å². The zero-order valence-electron chi connectivity index (χ0n) is 13.7. The fourth-order valence-corrected chi connectivity index (χ4v) is 4.09. The molecule has 136 valence electrons. The molecule has 1 amide bonds. The van der Waals surface area contributed by atoms with Crippen molar-refractivity contribution in [3.63, 3.8) is 0 Å². The Morgan fingerprint density at radius 3 is 2.62 bits per heavy atom.